The Labute approximate surface area is 160 Å². The quantitative estimate of drug-likeness (QED) is 0.700. The van der Waals surface area contributed by atoms with Crippen LogP contribution >= 0.6 is 12.2 Å². The molecular weight excluding hydrogens is 344 g/mol. The lowest BCUT2D eigenvalue weighted by atomic mass is 10.2. The van der Waals surface area contributed by atoms with Crippen molar-refractivity contribution in [3.8, 4) is 0 Å². The minimum Gasteiger partial charge on any atom is -0.353 e. The number of aromatic nitrogens is 1. The average molecular weight is 371 g/mol. The molecule has 0 bridgehead atoms. The van der Waals surface area contributed by atoms with Gasteiger partial charge in [-0.2, -0.15) is 0 Å². The topological polar surface area (TPSA) is 57.3 Å². The van der Waals surface area contributed by atoms with Gasteiger partial charge in [0.1, 0.15) is 0 Å². The van der Waals surface area contributed by atoms with Crippen LogP contribution in [0.5, 0.6) is 0 Å². The molecule has 0 fully saturated rings. The van der Waals surface area contributed by atoms with Crippen molar-refractivity contribution < 1.29 is 4.79 Å². The molecule has 1 aromatic carbocycles. The standard InChI is InChI=1S/C20H26N4OS/c1-3-16(2)23-19(25)13-22-20(26)24(14-17-8-5-4-6-9-17)15-18-10-7-11-21-12-18/h4-12,16H,3,13-15H2,1-2H3,(H,22,26)(H,23,25). The number of rotatable bonds is 8. The van der Waals surface area contributed by atoms with Crippen LogP contribution in [-0.4, -0.2) is 33.5 Å². The fourth-order valence-corrected chi connectivity index (χ4v) is 2.61. The van der Waals surface area contributed by atoms with Crippen molar-refractivity contribution in [1.29, 1.82) is 0 Å². The SMILES string of the molecule is CCC(C)NC(=O)CNC(=S)N(Cc1ccccc1)Cc1cccnc1. The smallest absolute Gasteiger partial charge is 0.239 e. The number of pyridine rings is 1. The molecule has 0 radical (unpaired) electrons. The fourth-order valence-electron chi connectivity index (χ4n) is 2.41. The molecule has 1 heterocycles. The monoisotopic (exact) mass is 370 g/mol. The van der Waals surface area contributed by atoms with Gasteiger partial charge in [-0.25, -0.2) is 0 Å². The number of benzene rings is 1. The molecule has 1 amide bonds. The van der Waals surface area contributed by atoms with Gasteiger partial charge < -0.3 is 15.5 Å². The van der Waals surface area contributed by atoms with Gasteiger partial charge in [0.25, 0.3) is 0 Å². The first-order valence-corrected chi connectivity index (χ1v) is 9.24. The first kappa shape index (κ1) is 19.8. The second-order valence-corrected chi connectivity index (χ2v) is 6.63. The summed E-state index contributed by atoms with van der Waals surface area (Å²) < 4.78 is 0. The number of thiocarbonyl (C=S) groups is 1. The van der Waals surface area contributed by atoms with Gasteiger partial charge in [0.15, 0.2) is 5.11 Å². The van der Waals surface area contributed by atoms with Gasteiger partial charge in [0.05, 0.1) is 6.54 Å². The Bertz CT molecular complexity index is 652. The summed E-state index contributed by atoms with van der Waals surface area (Å²) in [6.07, 6.45) is 4.48. The van der Waals surface area contributed by atoms with Crippen LogP contribution in [0, 0.1) is 0 Å². The summed E-state index contributed by atoms with van der Waals surface area (Å²) in [5.74, 6) is -0.0530. The first-order chi connectivity index (χ1) is 12.6. The van der Waals surface area contributed by atoms with Gasteiger partial charge in [0.2, 0.25) is 5.91 Å². The molecule has 26 heavy (non-hydrogen) atoms. The van der Waals surface area contributed by atoms with Crippen LogP contribution < -0.4 is 10.6 Å². The van der Waals surface area contributed by atoms with E-state index in [1.165, 1.54) is 0 Å². The summed E-state index contributed by atoms with van der Waals surface area (Å²) in [5.41, 5.74) is 2.22. The highest BCUT2D eigenvalue weighted by atomic mass is 32.1. The van der Waals surface area contributed by atoms with Gasteiger partial charge in [-0.15, -0.1) is 0 Å². The predicted molar refractivity (Wildman–Crippen MR) is 108 cm³/mol. The van der Waals surface area contributed by atoms with Crippen LogP contribution in [0.3, 0.4) is 0 Å². The maximum atomic E-state index is 12.0. The van der Waals surface area contributed by atoms with E-state index in [0.29, 0.717) is 18.2 Å². The van der Waals surface area contributed by atoms with Gasteiger partial charge in [0, 0.05) is 31.5 Å². The Kier molecular flexibility index (Phi) is 8.02. The summed E-state index contributed by atoms with van der Waals surface area (Å²) in [4.78, 5) is 18.2. The zero-order chi connectivity index (χ0) is 18.8. The molecule has 2 aromatic rings. The lowest BCUT2D eigenvalue weighted by Gasteiger charge is -2.26. The molecule has 2 N–H and O–H groups in total. The molecule has 1 atom stereocenters. The largest absolute Gasteiger partial charge is 0.353 e. The van der Waals surface area contributed by atoms with Crippen molar-refractivity contribution in [3.05, 3.63) is 66.0 Å². The zero-order valence-electron chi connectivity index (χ0n) is 15.3. The van der Waals surface area contributed by atoms with Crippen LogP contribution in [0.2, 0.25) is 0 Å². The van der Waals surface area contributed by atoms with E-state index in [1.54, 1.807) is 6.20 Å². The van der Waals surface area contributed by atoms with Crippen molar-refractivity contribution in [2.24, 2.45) is 0 Å². The number of hydrogen-bond acceptors (Lipinski definition) is 3. The van der Waals surface area contributed by atoms with Crippen molar-refractivity contribution in [2.75, 3.05) is 6.54 Å². The normalized spacial score (nSPS) is 11.5. The van der Waals surface area contributed by atoms with Gasteiger partial charge in [-0.1, -0.05) is 43.3 Å². The first-order valence-electron chi connectivity index (χ1n) is 8.83. The van der Waals surface area contributed by atoms with E-state index >= 15 is 0 Å². The predicted octanol–water partition coefficient (Wildman–Crippen LogP) is 2.87. The van der Waals surface area contributed by atoms with E-state index in [-0.39, 0.29) is 18.5 Å². The molecule has 0 saturated carbocycles. The molecule has 138 valence electrons. The number of hydrogen-bond donors (Lipinski definition) is 2. The minimum atomic E-state index is -0.0530. The van der Waals surface area contributed by atoms with Crippen LogP contribution in [0.25, 0.3) is 0 Å². The third-order valence-electron chi connectivity index (χ3n) is 4.02. The summed E-state index contributed by atoms with van der Waals surface area (Å²) in [6, 6.07) is 14.2. The number of amides is 1. The van der Waals surface area contributed by atoms with Crippen LogP contribution in [0.15, 0.2) is 54.9 Å². The van der Waals surface area contributed by atoms with E-state index in [1.807, 2.05) is 55.3 Å². The Hall–Kier alpha value is -2.47. The van der Waals surface area contributed by atoms with E-state index in [0.717, 1.165) is 17.5 Å². The van der Waals surface area contributed by atoms with Gasteiger partial charge in [-0.05, 0) is 42.8 Å². The number of carbonyl (C=O) groups excluding carboxylic acids is 1. The average Bonchev–Trinajstić information content (AvgIpc) is 2.67. The molecule has 0 spiro atoms. The second kappa shape index (κ2) is 10.5. The third-order valence-corrected chi connectivity index (χ3v) is 4.42. The maximum Gasteiger partial charge on any atom is 0.239 e. The highest BCUT2D eigenvalue weighted by molar-refractivity contribution is 7.80. The summed E-state index contributed by atoms with van der Waals surface area (Å²) >= 11 is 5.55. The van der Waals surface area contributed by atoms with Crippen LogP contribution in [-0.2, 0) is 17.9 Å². The molecule has 0 aliphatic heterocycles. The number of nitrogens with one attached hydrogen (secondary N) is 2. The minimum absolute atomic E-state index is 0.0530. The van der Waals surface area contributed by atoms with Gasteiger partial charge >= 0.3 is 0 Å². The molecule has 0 saturated heterocycles. The fraction of sp³-hybridized carbons (Fsp3) is 0.350. The van der Waals surface area contributed by atoms with E-state index in [9.17, 15) is 4.79 Å². The molecule has 2 rings (SSSR count). The Morgan fingerprint density at radius 1 is 1.15 bits per heavy atom. The van der Waals surface area contributed by atoms with E-state index in [4.69, 9.17) is 12.2 Å². The maximum absolute atomic E-state index is 12.0. The van der Waals surface area contributed by atoms with Crippen LogP contribution in [0.1, 0.15) is 31.4 Å². The summed E-state index contributed by atoms with van der Waals surface area (Å²) in [6.45, 7) is 5.48. The number of nitrogens with zero attached hydrogens (tertiary/aromatic N) is 2. The molecular formula is C20H26N4OS. The lowest BCUT2D eigenvalue weighted by Crippen LogP contribution is -2.45. The molecule has 0 aliphatic carbocycles. The zero-order valence-corrected chi connectivity index (χ0v) is 16.1. The Balaban J connectivity index is 2.00. The Morgan fingerprint density at radius 3 is 2.50 bits per heavy atom. The molecule has 6 heteroatoms. The molecule has 0 aliphatic rings. The van der Waals surface area contributed by atoms with E-state index in [2.05, 4.69) is 27.8 Å². The molecule has 1 aromatic heterocycles. The summed E-state index contributed by atoms with van der Waals surface area (Å²) in [7, 11) is 0. The van der Waals surface area contributed by atoms with Crippen molar-refractivity contribution in [1.82, 2.24) is 20.5 Å². The highest BCUT2D eigenvalue weighted by Gasteiger charge is 2.13. The molecule has 1 unspecified atom stereocenters. The summed E-state index contributed by atoms with van der Waals surface area (Å²) in [5, 5.41) is 6.56. The van der Waals surface area contributed by atoms with Crippen molar-refractivity contribution in [2.45, 2.75) is 39.4 Å². The van der Waals surface area contributed by atoms with E-state index < -0.39 is 0 Å². The molecule has 5 nitrogen and oxygen atoms in total. The third kappa shape index (κ3) is 6.80. The van der Waals surface area contributed by atoms with Crippen LogP contribution in [0.4, 0.5) is 0 Å². The lowest BCUT2D eigenvalue weighted by molar-refractivity contribution is -0.120. The second-order valence-electron chi connectivity index (χ2n) is 6.24. The van der Waals surface area contributed by atoms with Gasteiger partial charge in [-0.3, -0.25) is 9.78 Å². The highest BCUT2D eigenvalue weighted by Crippen LogP contribution is 2.09. The Morgan fingerprint density at radius 2 is 1.85 bits per heavy atom. The van der Waals surface area contributed by atoms with Crippen molar-refractivity contribution in [3.63, 3.8) is 0 Å². The van der Waals surface area contributed by atoms with Crippen molar-refractivity contribution >= 4 is 23.2 Å². The number of carbonyl (C=O) groups is 1.